The Hall–Kier alpha value is -1.27. The Morgan fingerprint density at radius 3 is 2.62 bits per heavy atom. The molecule has 21 heavy (non-hydrogen) atoms. The van der Waals surface area contributed by atoms with E-state index < -0.39 is 6.10 Å². The molecule has 0 aliphatic rings. The van der Waals surface area contributed by atoms with E-state index >= 15 is 0 Å². The predicted octanol–water partition coefficient (Wildman–Crippen LogP) is 3.84. The number of rotatable bonds is 3. The summed E-state index contributed by atoms with van der Waals surface area (Å²) in [7, 11) is 0. The minimum Gasteiger partial charge on any atom is -0.383 e. The summed E-state index contributed by atoms with van der Waals surface area (Å²) >= 11 is 14.2. The minimum absolute atomic E-state index is 0.261. The molecule has 0 bridgehead atoms. The van der Waals surface area contributed by atoms with Crippen LogP contribution in [-0.4, -0.2) is 26.0 Å². The van der Waals surface area contributed by atoms with E-state index in [4.69, 9.17) is 23.2 Å². The third-order valence-corrected chi connectivity index (χ3v) is 4.62. The maximum absolute atomic E-state index is 10.6. The van der Waals surface area contributed by atoms with Crippen molar-refractivity contribution in [3.8, 4) is 0 Å². The van der Waals surface area contributed by atoms with Crippen molar-refractivity contribution >= 4 is 40.6 Å². The van der Waals surface area contributed by atoms with E-state index in [1.54, 1.807) is 17.8 Å². The van der Waals surface area contributed by atoms with Crippen molar-refractivity contribution < 1.29 is 5.11 Å². The first-order valence-corrected chi connectivity index (χ1v) is 8.09. The van der Waals surface area contributed by atoms with Crippen LogP contribution in [0.3, 0.4) is 0 Å². The number of hydrogen-bond acceptors (Lipinski definition) is 4. The highest BCUT2D eigenvalue weighted by molar-refractivity contribution is 7.98. The normalized spacial score (nSPS) is 12.8. The highest BCUT2D eigenvalue weighted by atomic mass is 35.5. The number of benzene rings is 1. The summed E-state index contributed by atoms with van der Waals surface area (Å²) in [5, 5.41) is 15.2. The van der Waals surface area contributed by atoms with E-state index in [9.17, 15) is 5.11 Å². The second-order valence-electron chi connectivity index (χ2n) is 4.40. The smallest absolute Gasteiger partial charge is 0.158 e. The molecular formula is C14H11Cl2N3OS. The monoisotopic (exact) mass is 339 g/mol. The summed E-state index contributed by atoms with van der Waals surface area (Å²) in [4.78, 5) is 5.16. The highest BCUT2D eigenvalue weighted by Gasteiger charge is 2.21. The van der Waals surface area contributed by atoms with Gasteiger partial charge >= 0.3 is 0 Å². The minimum atomic E-state index is -0.922. The van der Waals surface area contributed by atoms with Gasteiger partial charge in [0.2, 0.25) is 0 Å². The molecule has 0 radical (unpaired) electrons. The average Bonchev–Trinajstić information content (AvgIpc) is 2.95. The highest BCUT2D eigenvalue weighted by Crippen LogP contribution is 2.35. The van der Waals surface area contributed by atoms with Crippen molar-refractivity contribution in [2.75, 3.05) is 6.26 Å². The van der Waals surface area contributed by atoms with Crippen LogP contribution in [0.2, 0.25) is 10.2 Å². The molecule has 3 aromatic rings. The fourth-order valence-corrected chi connectivity index (χ4v) is 3.18. The second kappa shape index (κ2) is 5.85. The van der Waals surface area contributed by atoms with Crippen molar-refractivity contribution in [1.29, 1.82) is 0 Å². The van der Waals surface area contributed by atoms with Gasteiger partial charge in [-0.3, -0.25) is 0 Å². The van der Waals surface area contributed by atoms with Gasteiger partial charge in [-0.15, -0.1) is 11.8 Å². The average molecular weight is 340 g/mol. The molecule has 3 rings (SSSR count). The lowest BCUT2D eigenvalue weighted by molar-refractivity contribution is 0.220. The summed E-state index contributed by atoms with van der Waals surface area (Å²) in [6.45, 7) is 0. The molecule has 0 aliphatic carbocycles. The molecule has 7 heteroatoms. The first-order chi connectivity index (χ1) is 10.1. The Morgan fingerprint density at radius 1 is 1.24 bits per heavy atom. The third kappa shape index (κ3) is 2.62. The number of nitrogens with zero attached hydrogens (tertiary/aromatic N) is 3. The Morgan fingerprint density at radius 2 is 1.95 bits per heavy atom. The van der Waals surface area contributed by atoms with Crippen LogP contribution in [0.5, 0.6) is 0 Å². The quantitative estimate of drug-likeness (QED) is 0.581. The van der Waals surface area contributed by atoms with Crippen molar-refractivity contribution in [2.24, 2.45) is 0 Å². The van der Waals surface area contributed by atoms with Gasteiger partial charge in [0.1, 0.15) is 17.6 Å². The Bertz CT molecular complexity index is 789. The molecule has 0 amide bonds. The molecule has 1 N–H and O–H groups in total. The summed E-state index contributed by atoms with van der Waals surface area (Å²) < 4.78 is 1.45. The second-order valence-corrected chi connectivity index (χ2v) is 6.05. The molecule has 0 saturated heterocycles. The Labute approximate surface area is 135 Å². The predicted molar refractivity (Wildman–Crippen MR) is 85.3 cm³/mol. The van der Waals surface area contributed by atoms with Crippen LogP contribution in [0.15, 0.2) is 41.6 Å². The van der Waals surface area contributed by atoms with Crippen molar-refractivity contribution in [1.82, 2.24) is 14.6 Å². The first-order valence-electron chi connectivity index (χ1n) is 6.11. The topological polar surface area (TPSA) is 50.4 Å². The number of aliphatic hydroxyl groups is 1. The zero-order chi connectivity index (χ0) is 15.0. The van der Waals surface area contributed by atoms with Crippen molar-refractivity contribution in [3.05, 3.63) is 58.0 Å². The third-order valence-electron chi connectivity index (χ3n) is 3.20. The molecule has 0 spiro atoms. The van der Waals surface area contributed by atoms with Crippen LogP contribution >= 0.6 is 35.0 Å². The van der Waals surface area contributed by atoms with Gasteiger partial charge in [0, 0.05) is 16.5 Å². The summed E-state index contributed by atoms with van der Waals surface area (Å²) in [6.07, 6.45) is 2.47. The van der Waals surface area contributed by atoms with Gasteiger partial charge in [0.25, 0.3) is 0 Å². The van der Waals surface area contributed by atoms with Crippen LogP contribution in [-0.2, 0) is 0 Å². The van der Waals surface area contributed by atoms with Crippen LogP contribution in [0, 0.1) is 0 Å². The maximum atomic E-state index is 10.6. The van der Waals surface area contributed by atoms with Crippen molar-refractivity contribution in [3.63, 3.8) is 0 Å². The lowest BCUT2D eigenvalue weighted by atomic mass is 10.0. The lowest BCUT2D eigenvalue weighted by Crippen LogP contribution is -2.05. The Kier molecular flexibility index (Phi) is 4.08. The molecule has 4 nitrogen and oxygen atoms in total. The molecular weight excluding hydrogens is 329 g/mol. The lowest BCUT2D eigenvalue weighted by Gasteiger charge is -2.15. The van der Waals surface area contributed by atoms with Crippen LogP contribution < -0.4 is 0 Å². The van der Waals surface area contributed by atoms with Gasteiger partial charge in [0.15, 0.2) is 5.65 Å². The molecule has 1 unspecified atom stereocenters. The first kappa shape index (κ1) is 14.7. The van der Waals surface area contributed by atoms with Gasteiger partial charge in [0.05, 0.1) is 5.02 Å². The van der Waals surface area contributed by atoms with Gasteiger partial charge in [-0.1, -0.05) is 35.3 Å². The summed E-state index contributed by atoms with van der Waals surface area (Å²) in [5.41, 5.74) is 1.68. The van der Waals surface area contributed by atoms with Crippen LogP contribution in [0.25, 0.3) is 5.65 Å². The van der Waals surface area contributed by atoms with Crippen LogP contribution in [0.1, 0.15) is 17.2 Å². The number of aromatic nitrogens is 3. The number of hydrogen-bond donors (Lipinski definition) is 1. The zero-order valence-corrected chi connectivity index (χ0v) is 13.3. The van der Waals surface area contributed by atoms with Gasteiger partial charge in [-0.2, -0.15) is 5.10 Å². The number of pyridine rings is 1. The fourth-order valence-electron chi connectivity index (χ4n) is 2.10. The molecule has 1 atom stereocenters. The van der Waals surface area contributed by atoms with E-state index in [1.165, 1.54) is 10.8 Å². The molecule has 0 saturated carbocycles. The maximum Gasteiger partial charge on any atom is 0.158 e. The molecule has 2 aromatic heterocycles. The molecule has 2 heterocycles. The largest absolute Gasteiger partial charge is 0.383 e. The van der Waals surface area contributed by atoms with E-state index in [0.29, 0.717) is 16.2 Å². The Balaban J connectivity index is 2.09. The van der Waals surface area contributed by atoms with E-state index in [1.807, 2.05) is 30.5 Å². The summed E-state index contributed by atoms with van der Waals surface area (Å²) in [5.74, 6) is 0. The van der Waals surface area contributed by atoms with E-state index in [0.717, 1.165) is 10.5 Å². The number of halogens is 2. The number of fused-ring (bicyclic) bond motifs is 1. The van der Waals surface area contributed by atoms with Gasteiger partial charge in [-0.05, 0) is 24.0 Å². The van der Waals surface area contributed by atoms with Gasteiger partial charge < -0.3 is 5.11 Å². The van der Waals surface area contributed by atoms with E-state index in [-0.39, 0.29) is 5.15 Å². The zero-order valence-electron chi connectivity index (χ0n) is 11.0. The molecule has 1 aromatic carbocycles. The summed E-state index contributed by atoms with van der Waals surface area (Å²) in [6, 6.07) is 9.23. The molecule has 0 aliphatic heterocycles. The fraction of sp³-hybridized carbons (Fsp3) is 0.143. The molecule has 108 valence electrons. The van der Waals surface area contributed by atoms with E-state index in [2.05, 4.69) is 10.1 Å². The number of aliphatic hydroxyl groups excluding tert-OH is 1. The van der Waals surface area contributed by atoms with Gasteiger partial charge in [-0.25, -0.2) is 9.50 Å². The van der Waals surface area contributed by atoms with Crippen LogP contribution in [0.4, 0.5) is 0 Å². The van der Waals surface area contributed by atoms with Crippen molar-refractivity contribution in [2.45, 2.75) is 11.0 Å². The SMILES string of the molecule is CSc1ccc(C(O)c2c(Cl)cc3ncnn3c2Cl)cc1. The molecule has 0 fully saturated rings. The number of thioether (sulfide) groups is 1. The standard InChI is InChI=1S/C14H11Cl2N3OS/c1-21-9-4-2-8(3-5-9)13(20)12-10(15)6-11-17-7-18-19(11)14(12)16/h2-7,13,20H,1H3.